The molecular formula is C13H20BrN3O. The summed E-state index contributed by atoms with van der Waals surface area (Å²) in [5.41, 5.74) is 0.628. The number of nitrogens with one attached hydrogen (secondary N) is 2. The van der Waals surface area contributed by atoms with Gasteiger partial charge in [0, 0.05) is 23.8 Å². The van der Waals surface area contributed by atoms with Gasteiger partial charge < -0.3 is 10.6 Å². The van der Waals surface area contributed by atoms with E-state index in [1.54, 1.807) is 12.3 Å². The number of halogens is 1. The molecule has 1 heterocycles. The van der Waals surface area contributed by atoms with Crippen LogP contribution in [0.3, 0.4) is 0 Å². The molecule has 1 aromatic heterocycles. The van der Waals surface area contributed by atoms with Gasteiger partial charge >= 0.3 is 0 Å². The van der Waals surface area contributed by atoms with Gasteiger partial charge in [-0.25, -0.2) is 4.98 Å². The van der Waals surface area contributed by atoms with Crippen LogP contribution < -0.4 is 10.6 Å². The summed E-state index contributed by atoms with van der Waals surface area (Å²) in [6, 6.07) is 1.78. The van der Waals surface area contributed by atoms with Crippen molar-refractivity contribution in [3.63, 3.8) is 0 Å². The van der Waals surface area contributed by atoms with Crippen LogP contribution in [0.1, 0.15) is 38.1 Å². The van der Waals surface area contributed by atoms with Crippen LogP contribution in [0.15, 0.2) is 16.7 Å². The largest absolute Gasteiger partial charge is 0.370 e. The average Bonchev–Trinajstić information content (AvgIpc) is 2.27. The Hall–Kier alpha value is -1.10. The molecule has 0 aromatic carbocycles. The van der Waals surface area contributed by atoms with E-state index in [0.717, 1.165) is 11.0 Å². The highest BCUT2D eigenvalue weighted by atomic mass is 79.9. The number of nitrogens with zero attached hydrogens (tertiary/aromatic N) is 1. The van der Waals surface area contributed by atoms with E-state index in [2.05, 4.69) is 52.3 Å². The monoisotopic (exact) mass is 313 g/mol. The fourth-order valence-electron chi connectivity index (χ4n) is 1.36. The molecule has 4 nitrogen and oxygen atoms in total. The number of rotatable bonds is 4. The second-order valence-electron chi connectivity index (χ2n) is 5.32. The molecule has 1 rings (SSSR count). The molecule has 0 bridgehead atoms. The molecule has 0 aliphatic heterocycles. The SMILES string of the molecule is CCNc1ncc(Br)cc1C(=O)NCC(C)(C)C. The standard InChI is InChI=1S/C13H20BrN3O/c1-5-15-11-10(6-9(14)7-16-11)12(18)17-8-13(2,3)4/h6-7H,5,8H2,1-4H3,(H,15,16)(H,17,18). The third-order valence-corrected chi connectivity index (χ3v) is 2.66. The van der Waals surface area contributed by atoms with Gasteiger partial charge in [-0.3, -0.25) is 4.79 Å². The zero-order chi connectivity index (χ0) is 13.8. The number of carbonyl (C=O) groups is 1. The molecule has 5 heteroatoms. The van der Waals surface area contributed by atoms with Crippen LogP contribution in [-0.4, -0.2) is 24.0 Å². The Bertz CT molecular complexity index is 427. The molecule has 0 aliphatic rings. The van der Waals surface area contributed by atoms with Gasteiger partial charge in [0.05, 0.1) is 5.56 Å². The van der Waals surface area contributed by atoms with Crippen molar-refractivity contribution in [1.82, 2.24) is 10.3 Å². The smallest absolute Gasteiger partial charge is 0.255 e. The predicted octanol–water partition coefficient (Wildman–Crippen LogP) is 3.05. The zero-order valence-corrected chi connectivity index (χ0v) is 12.9. The normalized spacial score (nSPS) is 11.2. The number of aromatic nitrogens is 1. The van der Waals surface area contributed by atoms with Crippen molar-refractivity contribution in [2.24, 2.45) is 5.41 Å². The number of hydrogen-bond donors (Lipinski definition) is 2. The third-order valence-electron chi connectivity index (χ3n) is 2.22. The highest BCUT2D eigenvalue weighted by Gasteiger charge is 2.16. The van der Waals surface area contributed by atoms with Gasteiger partial charge in [0.25, 0.3) is 5.91 Å². The highest BCUT2D eigenvalue weighted by molar-refractivity contribution is 9.10. The molecule has 0 spiro atoms. The van der Waals surface area contributed by atoms with Crippen LogP contribution in [0.5, 0.6) is 0 Å². The first-order valence-corrected chi connectivity index (χ1v) is 6.80. The van der Waals surface area contributed by atoms with Gasteiger partial charge in [0.15, 0.2) is 0 Å². The van der Waals surface area contributed by atoms with Gasteiger partial charge in [-0.15, -0.1) is 0 Å². The minimum atomic E-state index is -0.102. The average molecular weight is 314 g/mol. The third kappa shape index (κ3) is 4.64. The first-order chi connectivity index (χ1) is 8.33. The van der Waals surface area contributed by atoms with Crippen LogP contribution >= 0.6 is 15.9 Å². The summed E-state index contributed by atoms with van der Waals surface area (Å²) in [5.74, 6) is 0.516. The first-order valence-electron chi connectivity index (χ1n) is 6.01. The van der Waals surface area contributed by atoms with E-state index in [1.165, 1.54) is 0 Å². The number of amides is 1. The lowest BCUT2D eigenvalue weighted by molar-refractivity contribution is 0.0940. The minimum absolute atomic E-state index is 0.0629. The van der Waals surface area contributed by atoms with Crippen LogP contribution in [0.2, 0.25) is 0 Å². The van der Waals surface area contributed by atoms with E-state index < -0.39 is 0 Å². The summed E-state index contributed by atoms with van der Waals surface area (Å²) in [5, 5.41) is 6.01. The maximum atomic E-state index is 12.1. The van der Waals surface area contributed by atoms with Crippen molar-refractivity contribution in [2.75, 3.05) is 18.4 Å². The molecule has 1 aromatic rings. The predicted molar refractivity (Wildman–Crippen MR) is 77.9 cm³/mol. The summed E-state index contributed by atoms with van der Waals surface area (Å²) in [6.45, 7) is 9.57. The highest BCUT2D eigenvalue weighted by Crippen LogP contribution is 2.18. The lowest BCUT2D eigenvalue weighted by atomic mass is 9.97. The topological polar surface area (TPSA) is 54.0 Å². The van der Waals surface area contributed by atoms with E-state index in [-0.39, 0.29) is 11.3 Å². The van der Waals surface area contributed by atoms with Crippen molar-refractivity contribution >= 4 is 27.7 Å². The van der Waals surface area contributed by atoms with Gasteiger partial charge in [-0.2, -0.15) is 0 Å². The Labute approximate surface area is 117 Å². The van der Waals surface area contributed by atoms with Gasteiger partial charge in [-0.1, -0.05) is 20.8 Å². The molecule has 0 fully saturated rings. The maximum Gasteiger partial charge on any atom is 0.255 e. The Balaban J connectivity index is 2.86. The molecule has 100 valence electrons. The maximum absolute atomic E-state index is 12.1. The van der Waals surface area contributed by atoms with Crippen molar-refractivity contribution < 1.29 is 4.79 Å². The second-order valence-corrected chi connectivity index (χ2v) is 6.24. The van der Waals surface area contributed by atoms with Gasteiger partial charge in [0.2, 0.25) is 0 Å². The fraction of sp³-hybridized carbons (Fsp3) is 0.538. The van der Waals surface area contributed by atoms with Crippen LogP contribution in [0, 0.1) is 5.41 Å². The molecule has 0 radical (unpaired) electrons. The number of hydrogen-bond acceptors (Lipinski definition) is 3. The molecule has 0 unspecified atom stereocenters. The molecule has 1 amide bonds. The Kier molecular flexibility index (Phi) is 5.14. The summed E-state index contributed by atoms with van der Waals surface area (Å²) in [7, 11) is 0. The van der Waals surface area contributed by atoms with E-state index in [9.17, 15) is 4.79 Å². The van der Waals surface area contributed by atoms with Crippen LogP contribution in [0.4, 0.5) is 5.82 Å². The van der Waals surface area contributed by atoms with Crippen molar-refractivity contribution in [3.8, 4) is 0 Å². The van der Waals surface area contributed by atoms with Gasteiger partial charge in [0.1, 0.15) is 5.82 Å². The summed E-state index contributed by atoms with van der Waals surface area (Å²) in [4.78, 5) is 16.3. The van der Waals surface area contributed by atoms with Crippen molar-refractivity contribution in [2.45, 2.75) is 27.7 Å². The molecule has 0 saturated carbocycles. The van der Waals surface area contributed by atoms with Crippen molar-refractivity contribution in [3.05, 3.63) is 22.3 Å². The second kappa shape index (κ2) is 6.18. The van der Waals surface area contributed by atoms with Crippen LogP contribution in [0.25, 0.3) is 0 Å². The number of carbonyl (C=O) groups excluding carboxylic acids is 1. The van der Waals surface area contributed by atoms with E-state index in [1.807, 2.05) is 6.92 Å². The number of pyridine rings is 1. The van der Waals surface area contributed by atoms with E-state index in [4.69, 9.17) is 0 Å². The molecule has 0 saturated heterocycles. The summed E-state index contributed by atoms with van der Waals surface area (Å²) >= 11 is 3.34. The molecule has 18 heavy (non-hydrogen) atoms. The molecule has 0 atom stereocenters. The lowest BCUT2D eigenvalue weighted by Crippen LogP contribution is -2.32. The Morgan fingerprint density at radius 1 is 1.44 bits per heavy atom. The van der Waals surface area contributed by atoms with E-state index >= 15 is 0 Å². The Morgan fingerprint density at radius 2 is 2.11 bits per heavy atom. The summed E-state index contributed by atoms with van der Waals surface area (Å²) in [6.07, 6.45) is 1.68. The minimum Gasteiger partial charge on any atom is -0.370 e. The quantitative estimate of drug-likeness (QED) is 0.898. The van der Waals surface area contributed by atoms with E-state index in [0.29, 0.717) is 17.9 Å². The molecular weight excluding hydrogens is 294 g/mol. The number of anilines is 1. The van der Waals surface area contributed by atoms with Gasteiger partial charge in [-0.05, 0) is 34.3 Å². The van der Waals surface area contributed by atoms with Crippen LogP contribution in [-0.2, 0) is 0 Å². The first kappa shape index (κ1) is 15.0. The zero-order valence-electron chi connectivity index (χ0n) is 11.3. The fourth-order valence-corrected chi connectivity index (χ4v) is 1.69. The van der Waals surface area contributed by atoms with Crippen molar-refractivity contribution in [1.29, 1.82) is 0 Å². The molecule has 2 N–H and O–H groups in total. The molecule has 0 aliphatic carbocycles. The summed E-state index contributed by atoms with van der Waals surface area (Å²) < 4.78 is 0.796. The Morgan fingerprint density at radius 3 is 2.67 bits per heavy atom. The lowest BCUT2D eigenvalue weighted by Gasteiger charge is -2.19.